The molecule has 2 amide bonds. The summed E-state index contributed by atoms with van der Waals surface area (Å²) >= 11 is 6.24. The summed E-state index contributed by atoms with van der Waals surface area (Å²) in [5, 5.41) is 4.12. The number of anilines is 1. The van der Waals surface area contributed by atoms with Gasteiger partial charge in [0.15, 0.2) is 11.5 Å². The van der Waals surface area contributed by atoms with Gasteiger partial charge < -0.3 is 14.4 Å². The van der Waals surface area contributed by atoms with Crippen LogP contribution in [0.25, 0.3) is 0 Å². The lowest BCUT2D eigenvalue weighted by atomic mass is 9.99. The van der Waals surface area contributed by atoms with Crippen molar-refractivity contribution >= 4 is 39.1 Å². The lowest BCUT2D eigenvalue weighted by Gasteiger charge is -2.39. The van der Waals surface area contributed by atoms with Crippen molar-refractivity contribution in [1.29, 1.82) is 0 Å². The normalized spacial score (nSPS) is 16.4. The zero-order valence-corrected chi connectivity index (χ0v) is 31.0. The standard InChI is InChI=1S/C37H43ClN6O6S/c1-24-34(35(38)41(3)40-24)51(47,48)39-18-10-15-29(27-16-17-31(49-4)32(23-27)50-5)44-36(45)28-13-9-14-30(33(28)37(44)46)43-21-19-42(20-22-43)25(2)26-11-7-6-8-12-26/h6-9,11-14,16-17,23,25,29,39H,10,15,18-22H2,1-5H3/t25-,29?/m1/s1. The van der Waals surface area contributed by atoms with Crippen LogP contribution in [0.3, 0.4) is 0 Å². The zero-order valence-electron chi connectivity index (χ0n) is 29.4. The van der Waals surface area contributed by atoms with E-state index in [9.17, 15) is 18.0 Å². The molecule has 14 heteroatoms. The highest BCUT2D eigenvalue weighted by Gasteiger charge is 2.43. The maximum absolute atomic E-state index is 14.5. The molecule has 3 heterocycles. The molecule has 0 aliphatic carbocycles. The molecule has 2 aliphatic rings. The molecular formula is C37H43ClN6O6S. The Bertz CT molecular complexity index is 2030. The number of ether oxygens (including phenoxy) is 2. The highest BCUT2D eigenvalue weighted by atomic mass is 35.5. The average molecular weight is 735 g/mol. The van der Waals surface area contributed by atoms with Crippen molar-refractivity contribution in [1.82, 2.24) is 24.3 Å². The Morgan fingerprint density at radius 1 is 0.902 bits per heavy atom. The number of hydrogen-bond donors (Lipinski definition) is 1. The Hall–Kier alpha value is -4.43. The topological polar surface area (TPSA) is 126 Å². The van der Waals surface area contributed by atoms with Crippen molar-refractivity contribution in [3.8, 4) is 11.5 Å². The van der Waals surface area contributed by atoms with Crippen molar-refractivity contribution in [2.45, 2.75) is 43.7 Å². The first-order valence-corrected chi connectivity index (χ1v) is 18.8. The van der Waals surface area contributed by atoms with Gasteiger partial charge >= 0.3 is 0 Å². The number of nitrogens with one attached hydrogen (secondary N) is 1. The number of imide groups is 1. The fourth-order valence-electron chi connectivity index (χ4n) is 7.12. The molecule has 6 rings (SSSR count). The van der Waals surface area contributed by atoms with Crippen LogP contribution in [0.4, 0.5) is 5.69 Å². The molecule has 2 atom stereocenters. The number of aromatic nitrogens is 2. The third kappa shape index (κ3) is 7.08. The molecule has 0 saturated carbocycles. The quantitative estimate of drug-likeness (QED) is 0.142. The first-order valence-electron chi connectivity index (χ1n) is 16.9. The summed E-state index contributed by atoms with van der Waals surface area (Å²) in [6, 6.07) is 20.7. The number of rotatable bonds is 13. The summed E-state index contributed by atoms with van der Waals surface area (Å²) in [6.07, 6.45) is 0.575. The monoisotopic (exact) mass is 734 g/mol. The molecule has 270 valence electrons. The van der Waals surface area contributed by atoms with Gasteiger partial charge in [-0.05, 0) is 62.1 Å². The number of carbonyl (C=O) groups is 2. The van der Waals surface area contributed by atoms with Crippen molar-refractivity contribution in [3.63, 3.8) is 0 Å². The second-order valence-electron chi connectivity index (χ2n) is 12.8. The van der Waals surface area contributed by atoms with E-state index in [-0.39, 0.29) is 40.7 Å². The third-order valence-corrected chi connectivity index (χ3v) is 12.0. The van der Waals surface area contributed by atoms with E-state index < -0.39 is 22.0 Å². The van der Waals surface area contributed by atoms with E-state index in [4.69, 9.17) is 21.1 Å². The molecule has 1 fully saturated rings. The van der Waals surface area contributed by atoms with Gasteiger partial charge in [0.2, 0.25) is 10.0 Å². The maximum atomic E-state index is 14.5. The van der Waals surface area contributed by atoms with Crippen LogP contribution in [-0.2, 0) is 17.1 Å². The number of hydrogen-bond acceptors (Lipinski definition) is 9. The van der Waals surface area contributed by atoms with Gasteiger partial charge in [-0.25, -0.2) is 13.1 Å². The van der Waals surface area contributed by atoms with E-state index in [1.807, 2.05) is 18.2 Å². The number of nitrogens with zero attached hydrogens (tertiary/aromatic N) is 5. The number of methoxy groups -OCH3 is 2. The number of benzene rings is 3. The summed E-state index contributed by atoms with van der Waals surface area (Å²) in [5.41, 5.74) is 3.68. The van der Waals surface area contributed by atoms with Crippen LogP contribution >= 0.6 is 11.6 Å². The van der Waals surface area contributed by atoms with Crippen molar-refractivity contribution in [2.75, 3.05) is 51.8 Å². The number of aryl methyl sites for hydroxylation is 2. The summed E-state index contributed by atoms with van der Waals surface area (Å²) in [7, 11) is 0.655. The largest absolute Gasteiger partial charge is 0.493 e. The molecule has 2 aliphatic heterocycles. The van der Waals surface area contributed by atoms with Gasteiger partial charge in [0.05, 0.1) is 42.8 Å². The predicted molar refractivity (Wildman–Crippen MR) is 195 cm³/mol. The summed E-state index contributed by atoms with van der Waals surface area (Å²) < 4.78 is 41.3. The van der Waals surface area contributed by atoms with E-state index in [1.165, 1.54) is 29.4 Å². The second-order valence-corrected chi connectivity index (χ2v) is 14.9. The minimum Gasteiger partial charge on any atom is -0.493 e. The van der Waals surface area contributed by atoms with Crippen molar-refractivity contribution in [3.05, 3.63) is 99.8 Å². The van der Waals surface area contributed by atoms with E-state index >= 15 is 0 Å². The second kappa shape index (κ2) is 15.0. The fraction of sp³-hybridized carbons (Fsp3) is 0.378. The molecule has 12 nitrogen and oxygen atoms in total. The fourth-order valence-corrected chi connectivity index (χ4v) is 8.94. The molecule has 1 N–H and O–H groups in total. The maximum Gasteiger partial charge on any atom is 0.264 e. The summed E-state index contributed by atoms with van der Waals surface area (Å²) in [5.74, 6) is 0.166. The Labute approximate surface area is 303 Å². The van der Waals surface area contributed by atoms with Crippen LogP contribution in [0.15, 0.2) is 71.6 Å². The van der Waals surface area contributed by atoms with E-state index in [2.05, 4.69) is 50.8 Å². The molecule has 0 spiro atoms. The highest BCUT2D eigenvalue weighted by molar-refractivity contribution is 7.89. The number of carbonyl (C=O) groups excluding carboxylic acids is 2. The van der Waals surface area contributed by atoms with Crippen LogP contribution in [0.2, 0.25) is 5.15 Å². The number of halogens is 1. The lowest BCUT2D eigenvalue weighted by molar-refractivity contribution is 0.0572. The molecule has 51 heavy (non-hydrogen) atoms. The van der Waals surface area contributed by atoms with Crippen LogP contribution < -0.4 is 19.1 Å². The van der Waals surface area contributed by atoms with Gasteiger partial charge in [0.25, 0.3) is 11.8 Å². The van der Waals surface area contributed by atoms with Gasteiger partial charge in [-0.1, -0.05) is 54.1 Å². The molecule has 0 bridgehead atoms. The third-order valence-electron chi connectivity index (χ3n) is 9.83. The van der Waals surface area contributed by atoms with Crippen LogP contribution in [0.1, 0.15) is 69.4 Å². The van der Waals surface area contributed by atoms with E-state index in [0.717, 1.165) is 18.8 Å². The van der Waals surface area contributed by atoms with Gasteiger partial charge in [-0.15, -0.1) is 0 Å². The summed E-state index contributed by atoms with van der Waals surface area (Å²) in [6.45, 7) is 6.84. The number of fused-ring (bicyclic) bond motifs is 1. The molecular weight excluding hydrogens is 692 g/mol. The zero-order chi connectivity index (χ0) is 36.4. The molecule has 1 saturated heterocycles. The van der Waals surface area contributed by atoms with Crippen molar-refractivity contribution < 1.29 is 27.5 Å². The summed E-state index contributed by atoms with van der Waals surface area (Å²) in [4.78, 5) is 34.5. The van der Waals surface area contributed by atoms with E-state index in [0.29, 0.717) is 47.7 Å². The number of piperazine rings is 1. The SMILES string of the molecule is COc1ccc(C(CCCNS(=O)(=O)c2c(C)nn(C)c2Cl)N2C(=O)c3cccc(N4CCN([C@H](C)c5ccccc5)CC4)c3C2=O)cc1OC. The predicted octanol–water partition coefficient (Wildman–Crippen LogP) is 5.38. The van der Waals surface area contributed by atoms with Gasteiger partial charge in [-0.2, -0.15) is 5.10 Å². The lowest BCUT2D eigenvalue weighted by Crippen LogP contribution is -2.47. The Morgan fingerprint density at radius 2 is 1.61 bits per heavy atom. The minimum absolute atomic E-state index is 0.0113. The number of sulfonamides is 1. The highest BCUT2D eigenvalue weighted by Crippen LogP contribution is 2.41. The molecule has 0 radical (unpaired) electrons. The molecule has 1 aromatic heterocycles. The first-order chi connectivity index (χ1) is 24.5. The van der Waals surface area contributed by atoms with Gasteiger partial charge in [0, 0.05) is 45.8 Å². The molecule has 3 aromatic carbocycles. The van der Waals surface area contributed by atoms with Crippen molar-refractivity contribution in [2.24, 2.45) is 7.05 Å². The minimum atomic E-state index is -3.97. The Kier molecular flexibility index (Phi) is 10.7. The van der Waals surface area contributed by atoms with Gasteiger partial charge in [0.1, 0.15) is 10.0 Å². The van der Waals surface area contributed by atoms with Crippen LogP contribution in [0.5, 0.6) is 11.5 Å². The Balaban J connectivity index is 1.24. The smallest absolute Gasteiger partial charge is 0.264 e. The average Bonchev–Trinajstić information content (AvgIpc) is 3.56. The van der Waals surface area contributed by atoms with Gasteiger partial charge in [-0.3, -0.25) is 24.1 Å². The first kappa shape index (κ1) is 36.4. The number of amides is 2. The Morgan fingerprint density at radius 3 is 2.25 bits per heavy atom. The van der Waals surface area contributed by atoms with E-state index in [1.54, 1.807) is 38.2 Å². The van der Waals surface area contributed by atoms with Crippen LogP contribution in [0, 0.1) is 6.92 Å². The molecule has 4 aromatic rings. The molecule has 1 unspecified atom stereocenters. The van der Waals surface area contributed by atoms with Crippen LogP contribution in [-0.4, -0.2) is 86.8 Å².